The maximum Gasteiger partial charge on any atom is 0.301 e. The van der Waals surface area contributed by atoms with Gasteiger partial charge < -0.3 is 9.84 Å². The number of aliphatic hydroxyl groups is 1. The lowest BCUT2D eigenvalue weighted by molar-refractivity contribution is -0.384. The minimum atomic E-state index is -0.992. The highest BCUT2D eigenvalue weighted by molar-refractivity contribution is 7.14. The van der Waals surface area contributed by atoms with E-state index in [1.165, 1.54) is 35.4 Å². The van der Waals surface area contributed by atoms with Crippen molar-refractivity contribution in [2.45, 2.75) is 13.0 Å². The number of ketones is 1. The van der Waals surface area contributed by atoms with Gasteiger partial charge in [0.2, 0.25) is 0 Å². The number of carbonyl (C=O) groups is 2. The Morgan fingerprint density at radius 1 is 1.19 bits per heavy atom. The van der Waals surface area contributed by atoms with Crippen molar-refractivity contribution in [2.24, 2.45) is 0 Å². The number of amides is 1. The number of anilines is 1. The number of non-ortho nitro benzene ring substituents is 1. The number of nitro benzene ring substituents is 1. The smallest absolute Gasteiger partial charge is 0.301 e. The molecule has 1 unspecified atom stereocenters. The Labute approximate surface area is 186 Å². The SMILES string of the molecule is CCOc1ccc(/C(O)=C2\C(=O)C(=O)N(c3nccs3)C2c2ccc([N+](=O)[O-])cc2)cc1. The molecule has 1 aliphatic rings. The predicted octanol–water partition coefficient (Wildman–Crippen LogP) is 4.08. The van der Waals surface area contributed by atoms with Crippen LogP contribution in [0.2, 0.25) is 0 Å². The number of benzene rings is 2. The van der Waals surface area contributed by atoms with Gasteiger partial charge in [-0.3, -0.25) is 24.6 Å². The molecule has 10 heteroatoms. The molecule has 0 spiro atoms. The summed E-state index contributed by atoms with van der Waals surface area (Å²) in [4.78, 5) is 41.8. The van der Waals surface area contributed by atoms with Crippen molar-refractivity contribution < 1.29 is 24.4 Å². The first-order chi connectivity index (χ1) is 15.4. The highest BCUT2D eigenvalue weighted by atomic mass is 32.1. The number of Topliss-reactive ketones (excluding diaryl/α,β-unsaturated/α-hetero) is 1. The van der Waals surface area contributed by atoms with Gasteiger partial charge in [0.25, 0.3) is 11.5 Å². The van der Waals surface area contributed by atoms with Crippen LogP contribution in [-0.2, 0) is 9.59 Å². The van der Waals surface area contributed by atoms with Crippen LogP contribution in [0.5, 0.6) is 5.75 Å². The van der Waals surface area contributed by atoms with Crippen LogP contribution in [0.15, 0.2) is 65.7 Å². The van der Waals surface area contributed by atoms with Gasteiger partial charge in [-0.15, -0.1) is 11.3 Å². The molecule has 1 fully saturated rings. The number of aromatic nitrogens is 1. The molecule has 1 saturated heterocycles. The Kier molecular flexibility index (Phi) is 5.69. The zero-order valence-corrected chi connectivity index (χ0v) is 17.6. The Balaban J connectivity index is 1.86. The molecule has 162 valence electrons. The first-order valence-corrected chi connectivity index (χ1v) is 10.5. The van der Waals surface area contributed by atoms with Crippen molar-refractivity contribution in [1.29, 1.82) is 0 Å². The molecule has 4 rings (SSSR count). The van der Waals surface area contributed by atoms with Gasteiger partial charge in [0.05, 0.1) is 23.1 Å². The molecule has 2 heterocycles. The van der Waals surface area contributed by atoms with E-state index in [4.69, 9.17) is 4.74 Å². The third-order valence-electron chi connectivity index (χ3n) is 4.93. The first kappa shape index (κ1) is 21.2. The summed E-state index contributed by atoms with van der Waals surface area (Å²) in [6.07, 6.45) is 1.50. The van der Waals surface area contributed by atoms with Gasteiger partial charge in [-0.2, -0.15) is 0 Å². The van der Waals surface area contributed by atoms with Crippen LogP contribution in [0.1, 0.15) is 24.1 Å². The molecule has 0 aliphatic carbocycles. The Morgan fingerprint density at radius 3 is 2.44 bits per heavy atom. The van der Waals surface area contributed by atoms with Crippen molar-refractivity contribution in [3.05, 3.63) is 86.9 Å². The number of hydrogen-bond acceptors (Lipinski definition) is 8. The number of thiazole rings is 1. The Bertz CT molecular complexity index is 1200. The Hall–Kier alpha value is -4.05. The normalized spacial score (nSPS) is 17.5. The summed E-state index contributed by atoms with van der Waals surface area (Å²) >= 11 is 1.16. The second-order valence-electron chi connectivity index (χ2n) is 6.79. The predicted molar refractivity (Wildman–Crippen MR) is 118 cm³/mol. The molecule has 3 aromatic rings. The largest absolute Gasteiger partial charge is 0.507 e. The van der Waals surface area contributed by atoms with Crippen molar-refractivity contribution >= 4 is 39.6 Å². The van der Waals surface area contributed by atoms with E-state index >= 15 is 0 Å². The summed E-state index contributed by atoms with van der Waals surface area (Å²) in [5.41, 5.74) is 0.504. The summed E-state index contributed by atoms with van der Waals surface area (Å²) in [7, 11) is 0. The van der Waals surface area contributed by atoms with Crippen LogP contribution >= 0.6 is 11.3 Å². The lowest BCUT2D eigenvalue weighted by Gasteiger charge is -2.22. The van der Waals surface area contributed by atoms with Crippen LogP contribution in [0.3, 0.4) is 0 Å². The average Bonchev–Trinajstić information content (AvgIpc) is 3.41. The quantitative estimate of drug-likeness (QED) is 0.197. The number of carbonyl (C=O) groups excluding carboxylic acids is 2. The van der Waals surface area contributed by atoms with Gasteiger partial charge in [-0.1, -0.05) is 0 Å². The maximum atomic E-state index is 13.0. The number of rotatable bonds is 6. The third kappa shape index (κ3) is 3.71. The van der Waals surface area contributed by atoms with Gasteiger partial charge in [-0.25, -0.2) is 4.98 Å². The molecule has 1 aromatic heterocycles. The molecule has 1 N–H and O–H groups in total. The van der Waals surface area contributed by atoms with E-state index in [2.05, 4.69) is 4.98 Å². The van der Waals surface area contributed by atoms with Gasteiger partial charge in [0.15, 0.2) is 5.13 Å². The van der Waals surface area contributed by atoms with E-state index in [0.29, 0.717) is 23.5 Å². The summed E-state index contributed by atoms with van der Waals surface area (Å²) in [6.45, 7) is 2.32. The minimum Gasteiger partial charge on any atom is -0.507 e. The maximum absolute atomic E-state index is 13.0. The van der Waals surface area contributed by atoms with Crippen LogP contribution in [0, 0.1) is 10.1 Å². The molecule has 1 atom stereocenters. The Morgan fingerprint density at radius 2 is 1.88 bits per heavy atom. The molecular weight excluding hydrogens is 434 g/mol. The molecule has 0 radical (unpaired) electrons. The molecule has 2 aromatic carbocycles. The van der Waals surface area contributed by atoms with Gasteiger partial charge >= 0.3 is 5.91 Å². The number of nitro groups is 1. The van der Waals surface area contributed by atoms with Crippen molar-refractivity contribution in [3.8, 4) is 5.75 Å². The van der Waals surface area contributed by atoms with Crippen LogP contribution in [0.4, 0.5) is 10.8 Å². The fourth-order valence-corrected chi connectivity index (χ4v) is 4.16. The van der Waals surface area contributed by atoms with Gasteiger partial charge in [0, 0.05) is 29.3 Å². The zero-order chi connectivity index (χ0) is 22.8. The first-order valence-electron chi connectivity index (χ1n) is 9.60. The van der Waals surface area contributed by atoms with E-state index in [1.54, 1.807) is 29.6 Å². The molecule has 32 heavy (non-hydrogen) atoms. The highest BCUT2D eigenvalue weighted by Gasteiger charge is 2.48. The molecular formula is C22H17N3O6S. The number of hydrogen-bond donors (Lipinski definition) is 1. The van der Waals surface area contributed by atoms with E-state index in [9.17, 15) is 24.8 Å². The fraction of sp³-hybridized carbons (Fsp3) is 0.136. The second kappa shape index (κ2) is 8.60. The van der Waals surface area contributed by atoms with E-state index < -0.39 is 22.7 Å². The van der Waals surface area contributed by atoms with Gasteiger partial charge in [0.1, 0.15) is 11.5 Å². The topological polar surface area (TPSA) is 123 Å². The van der Waals surface area contributed by atoms with Crippen molar-refractivity contribution in [2.75, 3.05) is 11.5 Å². The summed E-state index contributed by atoms with van der Waals surface area (Å²) in [5, 5.41) is 24.0. The van der Waals surface area contributed by atoms with E-state index in [1.807, 2.05) is 6.92 Å². The standard InChI is InChI=1S/C22H17N3O6S/c1-2-31-16-9-5-14(6-10-16)19(26)17-18(13-3-7-15(8-4-13)25(29)30)24(21(28)20(17)27)22-23-11-12-32-22/h3-12,18,26H,2H2,1H3/b19-17+. The lowest BCUT2D eigenvalue weighted by Crippen LogP contribution is -2.29. The number of ether oxygens (including phenoxy) is 1. The molecule has 0 bridgehead atoms. The summed E-state index contributed by atoms with van der Waals surface area (Å²) < 4.78 is 5.40. The molecule has 0 saturated carbocycles. The van der Waals surface area contributed by atoms with Crippen LogP contribution in [-0.4, -0.2) is 33.3 Å². The molecule has 9 nitrogen and oxygen atoms in total. The van der Waals surface area contributed by atoms with Crippen LogP contribution < -0.4 is 9.64 Å². The van der Waals surface area contributed by atoms with Crippen LogP contribution in [0.25, 0.3) is 5.76 Å². The third-order valence-corrected chi connectivity index (χ3v) is 5.70. The van der Waals surface area contributed by atoms with Gasteiger partial charge in [-0.05, 0) is 48.9 Å². The zero-order valence-electron chi connectivity index (χ0n) is 16.8. The molecule has 1 amide bonds. The average molecular weight is 451 g/mol. The second-order valence-corrected chi connectivity index (χ2v) is 7.66. The van der Waals surface area contributed by atoms with Crippen molar-refractivity contribution in [3.63, 3.8) is 0 Å². The number of aliphatic hydroxyl groups excluding tert-OH is 1. The van der Waals surface area contributed by atoms with E-state index in [-0.39, 0.29) is 22.2 Å². The summed E-state index contributed by atoms with van der Waals surface area (Å²) in [6, 6.07) is 11.0. The lowest BCUT2D eigenvalue weighted by atomic mass is 9.95. The van der Waals surface area contributed by atoms with Crippen molar-refractivity contribution in [1.82, 2.24) is 4.98 Å². The summed E-state index contributed by atoms with van der Waals surface area (Å²) in [5.74, 6) is -1.46. The van der Waals surface area contributed by atoms with E-state index in [0.717, 1.165) is 11.3 Å². The monoisotopic (exact) mass is 451 g/mol. The number of nitrogens with zero attached hydrogens (tertiary/aromatic N) is 3. The molecule has 1 aliphatic heterocycles. The minimum absolute atomic E-state index is 0.122. The fourth-order valence-electron chi connectivity index (χ4n) is 3.49. The highest BCUT2D eigenvalue weighted by Crippen LogP contribution is 2.43.